The lowest BCUT2D eigenvalue weighted by Crippen LogP contribution is -2.10. The van der Waals surface area contributed by atoms with E-state index < -0.39 is 0 Å². The first-order chi connectivity index (χ1) is 9.28. The largest absolute Gasteiger partial charge is 0.373 e. The number of fused-ring (bicyclic) bond motifs is 1. The maximum atomic E-state index is 6.23. The van der Waals surface area contributed by atoms with Crippen LogP contribution in [0.5, 0.6) is 0 Å². The standard InChI is InChI=1S/C14H17ClN4/c1-16-14-7-6-10(15)12(18-14)8-19-9-17-11-4-2-3-5-13(11)19/h6-7,9H,2-5,8H2,1H3,(H,16,18). The Hall–Kier alpha value is -1.55. The molecule has 0 amide bonds. The maximum Gasteiger partial charge on any atom is 0.126 e. The molecule has 0 saturated carbocycles. The van der Waals surface area contributed by atoms with Crippen LogP contribution in [0.1, 0.15) is 29.9 Å². The van der Waals surface area contributed by atoms with Gasteiger partial charge in [0.25, 0.3) is 0 Å². The summed E-state index contributed by atoms with van der Waals surface area (Å²) in [4.78, 5) is 9.02. The fourth-order valence-corrected chi connectivity index (χ4v) is 2.73. The van der Waals surface area contributed by atoms with Crippen molar-refractivity contribution in [2.45, 2.75) is 32.2 Å². The topological polar surface area (TPSA) is 42.7 Å². The lowest BCUT2D eigenvalue weighted by atomic mass is 10.0. The summed E-state index contributed by atoms with van der Waals surface area (Å²) in [6, 6.07) is 3.77. The van der Waals surface area contributed by atoms with E-state index in [9.17, 15) is 0 Å². The Morgan fingerprint density at radius 1 is 1.32 bits per heavy atom. The monoisotopic (exact) mass is 276 g/mol. The lowest BCUT2D eigenvalue weighted by molar-refractivity contribution is 0.625. The second kappa shape index (κ2) is 5.21. The minimum Gasteiger partial charge on any atom is -0.373 e. The van der Waals surface area contributed by atoms with Crippen molar-refractivity contribution < 1.29 is 0 Å². The van der Waals surface area contributed by atoms with Crippen LogP contribution in [0, 0.1) is 0 Å². The summed E-state index contributed by atoms with van der Waals surface area (Å²) < 4.78 is 2.18. The van der Waals surface area contributed by atoms with Gasteiger partial charge in [-0.05, 0) is 37.8 Å². The first-order valence-electron chi connectivity index (χ1n) is 6.64. The highest BCUT2D eigenvalue weighted by molar-refractivity contribution is 6.31. The fraction of sp³-hybridized carbons (Fsp3) is 0.429. The predicted octanol–water partition coefficient (Wildman–Crippen LogP) is 2.90. The van der Waals surface area contributed by atoms with Crippen molar-refractivity contribution in [3.63, 3.8) is 0 Å². The molecule has 100 valence electrons. The number of nitrogens with one attached hydrogen (secondary N) is 1. The van der Waals surface area contributed by atoms with E-state index in [0.29, 0.717) is 11.6 Å². The maximum absolute atomic E-state index is 6.23. The number of hydrogen-bond donors (Lipinski definition) is 1. The Morgan fingerprint density at radius 3 is 3.00 bits per heavy atom. The number of aryl methyl sites for hydroxylation is 1. The molecule has 2 heterocycles. The van der Waals surface area contributed by atoms with Crippen molar-refractivity contribution in [3.8, 4) is 0 Å². The summed E-state index contributed by atoms with van der Waals surface area (Å²) >= 11 is 6.23. The van der Waals surface area contributed by atoms with Crippen LogP contribution in [0.25, 0.3) is 0 Å². The summed E-state index contributed by atoms with van der Waals surface area (Å²) in [7, 11) is 1.86. The normalized spacial score (nSPS) is 14.2. The Bertz CT molecular complexity index is 591. The number of anilines is 1. The summed E-state index contributed by atoms with van der Waals surface area (Å²) in [5.41, 5.74) is 3.48. The average molecular weight is 277 g/mol. The molecule has 0 bridgehead atoms. The van der Waals surface area contributed by atoms with Gasteiger partial charge in [-0.2, -0.15) is 0 Å². The predicted molar refractivity (Wildman–Crippen MR) is 76.8 cm³/mol. The van der Waals surface area contributed by atoms with Gasteiger partial charge in [0.2, 0.25) is 0 Å². The molecule has 4 nitrogen and oxygen atoms in total. The number of imidazole rings is 1. The van der Waals surface area contributed by atoms with Gasteiger partial charge in [-0.1, -0.05) is 11.6 Å². The van der Waals surface area contributed by atoms with Gasteiger partial charge in [-0.3, -0.25) is 0 Å². The quantitative estimate of drug-likeness (QED) is 0.937. The van der Waals surface area contributed by atoms with Crippen LogP contribution < -0.4 is 5.32 Å². The number of aromatic nitrogens is 3. The zero-order chi connectivity index (χ0) is 13.2. The minimum absolute atomic E-state index is 0.691. The first kappa shape index (κ1) is 12.5. The summed E-state index contributed by atoms with van der Waals surface area (Å²) in [6.07, 6.45) is 6.62. The van der Waals surface area contributed by atoms with Gasteiger partial charge >= 0.3 is 0 Å². The number of hydrogen-bond acceptors (Lipinski definition) is 3. The summed E-state index contributed by atoms with van der Waals surface area (Å²) in [5, 5.41) is 3.75. The van der Waals surface area contributed by atoms with Crippen molar-refractivity contribution in [2.75, 3.05) is 12.4 Å². The van der Waals surface area contributed by atoms with Gasteiger partial charge in [0, 0.05) is 12.7 Å². The molecule has 0 saturated heterocycles. The first-order valence-corrected chi connectivity index (χ1v) is 7.02. The number of halogens is 1. The smallest absolute Gasteiger partial charge is 0.126 e. The molecule has 0 unspecified atom stereocenters. The van der Waals surface area contributed by atoms with E-state index in [1.807, 2.05) is 25.5 Å². The molecule has 0 aromatic carbocycles. The Labute approximate surface area is 117 Å². The molecule has 0 fully saturated rings. The molecule has 0 aliphatic heterocycles. The molecule has 0 atom stereocenters. The van der Waals surface area contributed by atoms with Gasteiger partial charge in [0.05, 0.1) is 29.3 Å². The van der Waals surface area contributed by atoms with E-state index in [0.717, 1.165) is 24.4 Å². The van der Waals surface area contributed by atoms with Crippen LogP contribution in [0.2, 0.25) is 5.02 Å². The number of pyridine rings is 1. The SMILES string of the molecule is CNc1ccc(Cl)c(Cn2cnc3c2CCCC3)n1. The summed E-state index contributed by atoms with van der Waals surface area (Å²) in [5.74, 6) is 0.841. The Kier molecular flexibility index (Phi) is 3.42. The Morgan fingerprint density at radius 2 is 2.16 bits per heavy atom. The van der Waals surface area contributed by atoms with Gasteiger partial charge in [-0.25, -0.2) is 9.97 Å². The molecule has 3 rings (SSSR count). The molecular weight excluding hydrogens is 260 g/mol. The zero-order valence-corrected chi connectivity index (χ0v) is 11.7. The molecule has 1 N–H and O–H groups in total. The molecule has 2 aromatic heterocycles. The second-order valence-corrected chi connectivity index (χ2v) is 5.26. The molecule has 1 aliphatic rings. The molecule has 0 radical (unpaired) electrons. The van der Waals surface area contributed by atoms with E-state index in [2.05, 4.69) is 19.9 Å². The molecular formula is C14H17ClN4. The molecule has 2 aromatic rings. The van der Waals surface area contributed by atoms with Gasteiger partial charge in [-0.15, -0.1) is 0 Å². The van der Waals surface area contributed by atoms with E-state index in [1.165, 1.54) is 24.2 Å². The van der Waals surface area contributed by atoms with Crippen molar-refractivity contribution >= 4 is 17.4 Å². The van der Waals surface area contributed by atoms with Crippen LogP contribution in [-0.4, -0.2) is 21.6 Å². The summed E-state index contributed by atoms with van der Waals surface area (Å²) in [6.45, 7) is 0.691. The third-order valence-electron chi connectivity index (χ3n) is 3.60. The van der Waals surface area contributed by atoms with E-state index in [-0.39, 0.29) is 0 Å². The van der Waals surface area contributed by atoms with Crippen LogP contribution in [0.3, 0.4) is 0 Å². The van der Waals surface area contributed by atoms with Crippen molar-refractivity contribution in [1.82, 2.24) is 14.5 Å². The molecule has 19 heavy (non-hydrogen) atoms. The molecule has 5 heteroatoms. The molecule has 0 spiro atoms. The highest BCUT2D eigenvalue weighted by Crippen LogP contribution is 2.23. The van der Waals surface area contributed by atoms with Crippen molar-refractivity contribution in [1.29, 1.82) is 0 Å². The lowest BCUT2D eigenvalue weighted by Gasteiger charge is -2.14. The molecule has 1 aliphatic carbocycles. The van der Waals surface area contributed by atoms with Gasteiger partial charge < -0.3 is 9.88 Å². The van der Waals surface area contributed by atoms with Crippen LogP contribution in [0.4, 0.5) is 5.82 Å². The third kappa shape index (κ3) is 2.45. The van der Waals surface area contributed by atoms with E-state index in [4.69, 9.17) is 11.6 Å². The van der Waals surface area contributed by atoms with Crippen LogP contribution >= 0.6 is 11.6 Å². The average Bonchev–Trinajstić information content (AvgIpc) is 2.85. The number of rotatable bonds is 3. The number of nitrogens with zero attached hydrogens (tertiary/aromatic N) is 3. The van der Waals surface area contributed by atoms with Crippen molar-refractivity contribution in [2.24, 2.45) is 0 Å². The van der Waals surface area contributed by atoms with Crippen LogP contribution in [0.15, 0.2) is 18.5 Å². The van der Waals surface area contributed by atoms with Crippen molar-refractivity contribution in [3.05, 3.63) is 40.6 Å². The van der Waals surface area contributed by atoms with E-state index in [1.54, 1.807) is 0 Å². The highest BCUT2D eigenvalue weighted by atomic mass is 35.5. The van der Waals surface area contributed by atoms with Gasteiger partial charge in [0.1, 0.15) is 5.82 Å². The van der Waals surface area contributed by atoms with Crippen LogP contribution in [-0.2, 0) is 19.4 Å². The Balaban J connectivity index is 1.91. The highest BCUT2D eigenvalue weighted by Gasteiger charge is 2.16. The van der Waals surface area contributed by atoms with E-state index >= 15 is 0 Å². The zero-order valence-electron chi connectivity index (χ0n) is 11.0. The second-order valence-electron chi connectivity index (χ2n) is 4.85. The third-order valence-corrected chi connectivity index (χ3v) is 3.95. The fourth-order valence-electron chi connectivity index (χ4n) is 2.56. The minimum atomic E-state index is 0.691. The van der Waals surface area contributed by atoms with Gasteiger partial charge in [0.15, 0.2) is 0 Å².